The van der Waals surface area contributed by atoms with Crippen molar-refractivity contribution < 1.29 is 29.0 Å². The van der Waals surface area contributed by atoms with Crippen molar-refractivity contribution in [3.05, 3.63) is 97.1 Å². The molecule has 0 spiro atoms. The number of aliphatic hydroxyl groups excluding tert-OH is 1. The van der Waals surface area contributed by atoms with E-state index in [-0.39, 0.29) is 32.0 Å². The Morgan fingerprint density at radius 2 is 1.52 bits per heavy atom. The zero-order valence-corrected chi connectivity index (χ0v) is 23.5. The van der Waals surface area contributed by atoms with Crippen LogP contribution in [0.3, 0.4) is 0 Å². The standard InChI is InChI=1S/C32H42N2O6/c1-5-13-26(20-29(36)33-23(3)21-35)31(37)34-28(22-39-4)30(25-17-11-8-12-18-25)40-32(38)27(14-6-2)19-24-15-9-7-10-16-24/h5-12,15-18,23,26-28,30,35H,1-2,13-14,19-22H2,3-4H3,(H,33,36)(H,34,37)/t23-,26-,27+,28-,30-/m0/s1. The zero-order valence-electron chi connectivity index (χ0n) is 23.5. The maximum Gasteiger partial charge on any atom is 0.310 e. The lowest BCUT2D eigenvalue weighted by Crippen LogP contribution is -2.47. The van der Waals surface area contributed by atoms with E-state index >= 15 is 0 Å². The summed E-state index contributed by atoms with van der Waals surface area (Å²) in [5, 5.41) is 14.9. The summed E-state index contributed by atoms with van der Waals surface area (Å²) in [6.45, 7) is 9.06. The summed E-state index contributed by atoms with van der Waals surface area (Å²) in [6, 6.07) is 17.7. The number of allylic oxidation sites excluding steroid dienone is 2. The molecule has 2 aromatic rings. The minimum absolute atomic E-state index is 0.0674. The van der Waals surface area contributed by atoms with Gasteiger partial charge in [-0.25, -0.2) is 0 Å². The summed E-state index contributed by atoms with van der Waals surface area (Å²) in [4.78, 5) is 39.4. The summed E-state index contributed by atoms with van der Waals surface area (Å²) in [5.41, 5.74) is 1.70. The van der Waals surface area contributed by atoms with Gasteiger partial charge >= 0.3 is 5.97 Å². The number of aliphatic hydroxyl groups is 1. The van der Waals surface area contributed by atoms with Crippen LogP contribution in [0.1, 0.15) is 43.4 Å². The molecular weight excluding hydrogens is 508 g/mol. The Kier molecular flexibility index (Phi) is 14.4. The highest BCUT2D eigenvalue weighted by atomic mass is 16.5. The Balaban J connectivity index is 2.29. The summed E-state index contributed by atoms with van der Waals surface area (Å²) < 4.78 is 11.5. The second-order valence-electron chi connectivity index (χ2n) is 9.83. The number of hydrogen-bond acceptors (Lipinski definition) is 6. The number of hydrogen-bond donors (Lipinski definition) is 3. The van der Waals surface area contributed by atoms with Gasteiger partial charge in [0.15, 0.2) is 0 Å². The van der Waals surface area contributed by atoms with Crippen LogP contribution in [0.25, 0.3) is 0 Å². The van der Waals surface area contributed by atoms with Gasteiger partial charge in [-0.1, -0.05) is 72.8 Å². The first-order valence-electron chi connectivity index (χ1n) is 13.5. The lowest BCUT2D eigenvalue weighted by molar-refractivity contribution is -0.158. The van der Waals surface area contributed by atoms with Crippen LogP contribution in [0.15, 0.2) is 86.0 Å². The molecule has 40 heavy (non-hydrogen) atoms. The monoisotopic (exact) mass is 550 g/mol. The second kappa shape index (κ2) is 17.8. The van der Waals surface area contributed by atoms with Gasteiger partial charge < -0.3 is 25.2 Å². The quantitative estimate of drug-likeness (QED) is 0.192. The van der Waals surface area contributed by atoms with Gasteiger partial charge in [0, 0.05) is 19.6 Å². The van der Waals surface area contributed by atoms with E-state index in [0.29, 0.717) is 18.4 Å². The van der Waals surface area contributed by atoms with Crippen molar-refractivity contribution in [3.63, 3.8) is 0 Å². The van der Waals surface area contributed by atoms with Gasteiger partial charge in [0.25, 0.3) is 0 Å². The van der Waals surface area contributed by atoms with E-state index in [0.717, 1.165) is 5.56 Å². The Bertz CT molecular complexity index is 1080. The van der Waals surface area contributed by atoms with E-state index in [4.69, 9.17) is 9.47 Å². The third-order valence-electron chi connectivity index (χ3n) is 6.46. The number of carbonyl (C=O) groups is 3. The van der Waals surface area contributed by atoms with E-state index in [1.807, 2.05) is 60.7 Å². The smallest absolute Gasteiger partial charge is 0.310 e. The summed E-state index contributed by atoms with van der Waals surface area (Å²) in [6.07, 6.45) is 3.53. The van der Waals surface area contributed by atoms with Gasteiger partial charge in [-0.15, -0.1) is 13.2 Å². The lowest BCUT2D eigenvalue weighted by Gasteiger charge is -2.30. The lowest BCUT2D eigenvalue weighted by atomic mass is 9.95. The van der Waals surface area contributed by atoms with E-state index in [9.17, 15) is 19.5 Å². The molecule has 0 aliphatic carbocycles. The number of amides is 2. The summed E-state index contributed by atoms with van der Waals surface area (Å²) >= 11 is 0. The molecule has 0 aromatic heterocycles. The van der Waals surface area contributed by atoms with E-state index < -0.39 is 41.9 Å². The fourth-order valence-corrected chi connectivity index (χ4v) is 4.38. The first-order chi connectivity index (χ1) is 19.3. The minimum Gasteiger partial charge on any atom is -0.455 e. The number of benzene rings is 2. The average Bonchev–Trinajstić information content (AvgIpc) is 2.96. The number of nitrogens with one attached hydrogen (secondary N) is 2. The first-order valence-corrected chi connectivity index (χ1v) is 13.5. The number of methoxy groups -OCH3 is 1. The molecule has 2 rings (SSSR count). The van der Waals surface area contributed by atoms with Crippen molar-refractivity contribution in [1.29, 1.82) is 0 Å². The topological polar surface area (TPSA) is 114 Å². The zero-order chi connectivity index (χ0) is 29.3. The van der Waals surface area contributed by atoms with Crippen LogP contribution < -0.4 is 10.6 Å². The maximum absolute atomic E-state index is 13.5. The number of rotatable bonds is 18. The van der Waals surface area contributed by atoms with Gasteiger partial charge in [0.05, 0.1) is 31.1 Å². The molecule has 216 valence electrons. The highest BCUT2D eigenvalue weighted by Gasteiger charge is 2.33. The molecule has 0 heterocycles. The molecule has 8 nitrogen and oxygen atoms in total. The van der Waals surface area contributed by atoms with Gasteiger partial charge in [0.2, 0.25) is 11.8 Å². The van der Waals surface area contributed by atoms with Gasteiger partial charge in [-0.3, -0.25) is 14.4 Å². The summed E-state index contributed by atoms with van der Waals surface area (Å²) in [5.74, 6) is -2.33. The molecule has 8 heteroatoms. The van der Waals surface area contributed by atoms with Crippen molar-refractivity contribution >= 4 is 17.8 Å². The normalized spacial score (nSPS) is 14.6. The van der Waals surface area contributed by atoms with E-state index in [2.05, 4.69) is 23.8 Å². The van der Waals surface area contributed by atoms with Crippen molar-refractivity contribution in [2.75, 3.05) is 20.3 Å². The average molecular weight is 551 g/mol. The third-order valence-corrected chi connectivity index (χ3v) is 6.46. The Morgan fingerprint density at radius 1 is 0.925 bits per heavy atom. The largest absolute Gasteiger partial charge is 0.455 e. The number of carbonyl (C=O) groups excluding carboxylic acids is 3. The molecule has 0 bridgehead atoms. The van der Waals surface area contributed by atoms with Crippen molar-refractivity contribution in [2.45, 2.75) is 50.8 Å². The minimum atomic E-state index is -0.840. The van der Waals surface area contributed by atoms with Crippen LogP contribution in [0.2, 0.25) is 0 Å². The predicted octanol–water partition coefficient (Wildman–Crippen LogP) is 3.92. The van der Waals surface area contributed by atoms with Crippen LogP contribution in [0.5, 0.6) is 0 Å². The second-order valence-corrected chi connectivity index (χ2v) is 9.83. The van der Waals surface area contributed by atoms with Gasteiger partial charge in [-0.05, 0) is 37.3 Å². The molecule has 0 saturated heterocycles. The summed E-state index contributed by atoms with van der Waals surface area (Å²) in [7, 11) is 1.50. The molecule has 0 unspecified atom stereocenters. The molecule has 0 saturated carbocycles. The Morgan fingerprint density at radius 3 is 2.10 bits per heavy atom. The molecule has 3 N–H and O–H groups in total. The van der Waals surface area contributed by atoms with E-state index in [1.165, 1.54) is 7.11 Å². The van der Waals surface area contributed by atoms with Crippen LogP contribution >= 0.6 is 0 Å². The maximum atomic E-state index is 13.5. The molecule has 5 atom stereocenters. The van der Waals surface area contributed by atoms with Crippen molar-refractivity contribution in [2.24, 2.45) is 11.8 Å². The number of esters is 1. The fraction of sp³-hybridized carbons (Fsp3) is 0.406. The Labute approximate surface area is 237 Å². The molecule has 2 aromatic carbocycles. The van der Waals surface area contributed by atoms with Crippen LogP contribution in [0, 0.1) is 11.8 Å². The van der Waals surface area contributed by atoms with Gasteiger partial charge in [-0.2, -0.15) is 0 Å². The third kappa shape index (κ3) is 10.8. The molecule has 0 aliphatic rings. The predicted molar refractivity (Wildman–Crippen MR) is 155 cm³/mol. The molecule has 0 aliphatic heterocycles. The molecule has 0 radical (unpaired) electrons. The first kappa shape index (κ1) is 32.5. The van der Waals surface area contributed by atoms with Crippen LogP contribution in [-0.4, -0.2) is 55.3 Å². The van der Waals surface area contributed by atoms with Crippen LogP contribution in [0.4, 0.5) is 0 Å². The van der Waals surface area contributed by atoms with Crippen molar-refractivity contribution in [1.82, 2.24) is 10.6 Å². The molecule has 0 fully saturated rings. The van der Waals surface area contributed by atoms with Gasteiger partial charge in [0.1, 0.15) is 6.10 Å². The fourth-order valence-electron chi connectivity index (χ4n) is 4.38. The SMILES string of the molecule is C=CC[C@@H](CC(=O)N[C@@H](C)CO)C(=O)N[C@@H](COC)[C@@H](OC(=O)[C@H](CC=C)Cc1ccccc1)c1ccccc1. The Hall–Kier alpha value is -3.75. The molecule has 2 amide bonds. The number of ether oxygens (including phenoxy) is 2. The van der Waals surface area contributed by atoms with E-state index in [1.54, 1.807) is 19.1 Å². The van der Waals surface area contributed by atoms with Crippen molar-refractivity contribution in [3.8, 4) is 0 Å². The highest BCUT2D eigenvalue weighted by Crippen LogP contribution is 2.26. The van der Waals surface area contributed by atoms with Crippen LogP contribution in [-0.2, 0) is 30.3 Å². The molecular formula is C32H42N2O6. The highest BCUT2D eigenvalue weighted by molar-refractivity contribution is 5.86.